The highest BCUT2D eigenvalue weighted by Gasteiger charge is 2.50. The highest BCUT2D eigenvalue weighted by Crippen LogP contribution is 2.56. The number of hydrogen-bond donors (Lipinski definition) is 0. The van der Waals surface area contributed by atoms with Crippen molar-refractivity contribution in [3.63, 3.8) is 0 Å². The molecule has 12 rings (SSSR count). The van der Waals surface area contributed by atoms with Gasteiger partial charge in [-0.2, -0.15) is 0 Å². The van der Waals surface area contributed by atoms with Crippen molar-refractivity contribution >= 4 is 68.4 Å². The van der Waals surface area contributed by atoms with Gasteiger partial charge in [0.05, 0.1) is 17.0 Å². The Morgan fingerprint density at radius 3 is 1.61 bits per heavy atom. The monoisotopic (exact) mass is 954 g/mol. The first-order valence-corrected chi connectivity index (χ1v) is 27.2. The maximum Gasteiger partial charge on any atom is 0.297 e. The van der Waals surface area contributed by atoms with E-state index < -0.39 is 6.85 Å². The number of anilines is 6. The second-order valence-corrected chi connectivity index (χ2v) is 28.1. The minimum absolute atomic E-state index is 0.00711. The smallest absolute Gasteiger partial charge is 0.297 e. The summed E-state index contributed by atoms with van der Waals surface area (Å²) < 4.78 is 32.7. The third-order valence-electron chi connectivity index (χ3n) is 19.1. The van der Waals surface area contributed by atoms with Gasteiger partial charge in [-0.05, 0) is 206 Å². The van der Waals surface area contributed by atoms with Crippen LogP contribution in [0.2, 0.25) is 0 Å². The summed E-state index contributed by atoms with van der Waals surface area (Å²) in [6.07, 6.45) is 6.73. The van der Waals surface area contributed by atoms with Gasteiger partial charge in [-0.25, -0.2) is 0 Å². The van der Waals surface area contributed by atoms with E-state index in [4.69, 9.17) is 8.53 Å². The van der Waals surface area contributed by atoms with Gasteiger partial charge in [-0.1, -0.05) is 152 Å². The van der Waals surface area contributed by atoms with Crippen molar-refractivity contribution in [2.75, 3.05) is 9.80 Å². The predicted molar refractivity (Wildman–Crippen MR) is 310 cm³/mol. The van der Waals surface area contributed by atoms with Crippen LogP contribution in [0.4, 0.5) is 34.1 Å². The van der Waals surface area contributed by atoms with Crippen molar-refractivity contribution in [1.82, 2.24) is 0 Å². The summed E-state index contributed by atoms with van der Waals surface area (Å²) in [5.41, 5.74) is 24.6. The summed E-state index contributed by atoms with van der Waals surface area (Å²) in [6.45, 7) is 35.9. The summed E-state index contributed by atoms with van der Waals surface area (Å²) in [4.78, 5) is 5.20. The Labute approximate surface area is 437 Å². The van der Waals surface area contributed by atoms with E-state index in [1.165, 1.54) is 72.2 Å². The van der Waals surface area contributed by atoms with Crippen LogP contribution in [0.15, 0.2) is 101 Å². The minimum atomic E-state index is -2.20. The molecule has 0 amide bonds. The van der Waals surface area contributed by atoms with E-state index in [0.717, 1.165) is 83.6 Å². The van der Waals surface area contributed by atoms with Gasteiger partial charge in [-0.3, -0.25) is 0 Å². The summed E-state index contributed by atoms with van der Waals surface area (Å²) in [7, 11) is 0. The third kappa shape index (κ3) is 6.95. The lowest BCUT2D eigenvalue weighted by Crippen LogP contribution is -2.61. The second-order valence-electron chi connectivity index (χ2n) is 28.1. The molecule has 0 spiro atoms. The zero-order chi connectivity index (χ0) is 53.7. The van der Waals surface area contributed by atoms with E-state index in [-0.39, 0.29) is 44.6 Å². The zero-order valence-electron chi connectivity index (χ0n) is 49.4. The van der Waals surface area contributed by atoms with Gasteiger partial charge in [0.15, 0.2) is 0 Å². The average Bonchev–Trinajstić information content (AvgIpc) is 3.71. The first-order chi connectivity index (χ1) is 34.8. The van der Waals surface area contributed by atoms with Crippen molar-refractivity contribution in [1.29, 1.82) is 0 Å². The molecule has 370 valence electrons. The molecule has 72 heavy (non-hydrogen) atoms. The van der Waals surface area contributed by atoms with Crippen molar-refractivity contribution in [3.05, 3.63) is 147 Å². The van der Waals surface area contributed by atoms with Crippen molar-refractivity contribution in [3.8, 4) is 11.1 Å². The van der Waals surface area contributed by atoms with E-state index in [1.807, 2.05) is 24.3 Å². The Bertz CT molecular complexity index is 3560. The van der Waals surface area contributed by atoms with Crippen LogP contribution >= 0.6 is 0 Å². The number of aryl methyl sites for hydroxylation is 2. The lowest BCUT2D eigenvalue weighted by atomic mass is 9.35. The molecule has 6 aromatic carbocycles. The second kappa shape index (κ2) is 15.1. The third-order valence-corrected chi connectivity index (χ3v) is 19.1. The Morgan fingerprint density at radius 2 is 1.03 bits per heavy atom. The van der Waals surface area contributed by atoms with Gasteiger partial charge in [0.25, 0.3) is 6.71 Å². The first-order valence-electron chi connectivity index (χ1n) is 28.7. The largest absolute Gasteiger partial charge is 0.468 e. The van der Waals surface area contributed by atoms with Gasteiger partial charge < -0.3 is 14.2 Å². The molecule has 7 aromatic rings. The molecular weight excluding hydrogens is 872 g/mol. The van der Waals surface area contributed by atoms with Crippen LogP contribution in [0, 0.1) is 13.8 Å². The van der Waals surface area contributed by atoms with Crippen molar-refractivity contribution in [2.45, 2.75) is 194 Å². The highest BCUT2D eigenvalue weighted by atomic mass is 16.3. The summed E-state index contributed by atoms with van der Waals surface area (Å²) in [5, 5.41) is 1.18. The Morgan fingerprint density at radius 1 is 0.500 bits per heavy atom. The normalized spacial score (nSPS) is 21.1. The molecule has 0 N–H and O–H groups in total. The molecule has 0 fully saturated rings. The van der Waals surface area contributed by atoms with E-state index in [9.17, 15) is 0 Å². The molecule has 4 heteroatoms. The van der Waals surface area contributed by atoms with Crippen LogP contribution in [0.5, 0.6) is 0 Å². The van der Waals surface area contributed by atoms with Crippen LogP contribution in [0.25, 0.3) is 22.1 Å². The summed E-state index contributed by atoms with van der Waals surface area (Å²) in [6, 6.07) is 37.2. The average molecular weight is 954 g/mol. The molecule has 0 saturated heterocycles. The molecule has 0 unspecified atom stereocenters. The summed E-state index contributed by atoms with van der Waals surface area (Å²) in [5.74, 6) is 0. The van der Waals surface area contributed by atoms with E-state index in [1.54, 1.807) is 0 Å². The van der Waals surface area contributed by atoms with Gasteiger partial charge in [-0.15, -0.1) is 0 Å². The Balaban J connectivity index is 1.22. The number of benzene rings is 6. The standard InChI is InChI=1S/C68H79BN2O/c1-40-18-20-42(21-19-40)45-36-49-51(67(14,15)30-28-65(49,10)11)38-55(45)71-54-25-22-43(62(3,4)5)34-53(54)69-59-56(32-41(2)33-57(59)71)70(44-23-24-47-48(35-44)64(8,9)27-26-63(47,6)7)60-46-37-50-52(39-58(46)72-61(60)69)68(16,17)31-29-66(50,12)13/h18-25,32-39H,26-31H2,1-17H3/i1D3. The number of furan rings is 1. The fraction of sp³-hybridized carbons (Fsp3) is 0.441. The number of fused-ring (bicyclic) bond motifs is 9. The lowest BCUT2D eigenvalue weighted by Gasteiger charge is -2.46. The van der Waals surface area contributed by atoms with E-state index in [2.05, 4.69) is 193 Å². The maximum absolute atomic E-state index is 8.32. The predicted octanol–water partition coefficient (Wildman–Crippen LogP) is 17.1. The van der Waals surface area contributed by atoms with E-state index >= 15 is 0 Å². The van der Waals surface area contributed by atoms with Gasteiger partial charge in [0, 0.05) is 37.8 Å². The molecule has 0 radical (unpaired) electrons. The molecule has 0 bridgehead atoms. The topological polar surface area (TPSA) is 19.6 Å². The summed E-state index contributed by atoms with van der Waals surface area (Å²) >= 11 is 0. The van der Waals surface area contributed by atoms with Crippen molar-refractivity contribution < 1.29 is 8.53 Å². The molecule has 5 aliphatic rings. The maximum atomic E-state index is 8.32. The number of hydrogen-bond acceptors (Lipinski definition) is 3. The van der Waals surface area contributed by atoms with Gasteiger partial charge in [0.2, 0.25) is 0 Å². The van der Waals surface area contributed by atoms with Crippen LogP contribution in [-0.4, -0.2) is 6.71 Å². The van der Waals surface area contributed by atoms with Gasteiger partial charge in [0.1, 0.15) is 5.58 Å². The first kappa shape index (κ1) is 44.0. The number of rotatable bonds is 3. The molecule has 3 nitrogen and oxygen atoms in total. The molecule has 0 saturated carbocycles. The molecule has 3 heterocycles. The van der Waals surface area contributed by atoms with Crippen molar-refractivity contribution in [2.24, 2.45) is 0 Å². The zero-order valence-corrected chi connectivity index (χ0v) is 46.4. The molecule has 1 aromatic heterocycles. The molecule has 0 atom stereocenters. The lowest BCUT2D eigenvalue weighted by molar-refractivity contribution is 0.332. The molecular formula is C68H79BN2O. The fourth-order valence-corrected chi connectivity index (χ4v) is 14.1. The van der Waals surface area contributed by atoms with E-state index in [0.29, 0.717) is 5.56 Å². The molecule has 2 aliphatic heterocycles. The van der Waals surface area contributed by atoms with Gasteiger partial charge >= 0.3 is 0 Å². The Hall–Kier alpha value is -5.48. The quantitative estimate of drug-likeness (QED) is 0.165. The van der Waals surface area contributed by atoms with Crippen LogP contribution in [0.1, 0.15) is 197 Å². The molecule has 3 aliphatic carbocycles. The fourth-order valence-electron chi connectivity index (χ4n) is 14.1. The number of nitrogens with zero attached hydrogens (tertiary/aromatic N) is 2. The Kier molecular flexibility index (Phi) is 9.22. The van der Waals surface area contributed by atoms with Crippen LogP contribution in [0.3, 0.4) is 0 Å². The highest BCUT2D eigenvalue weighted by molar-refractivity contribution is 7.00. The minimum Gasteiger partial charge on any atom is -0.468 e. The van der Waals surface area contributed by atoms with Crippen LogP contribution < -0.4 is 26.4 Å². The van der Waals surface area contributed by atoms with Crippen LogP contribution in [-0.2, 0) is 37.9 Å². The SMILES string of the molecule is [2H]C([2H])([2H])c1ccc(-c2cc3c(cc2N2c4ccc(C(C)(C)C)cc4B4c5oc6cc7c(cc6c5N(c5ccc6c(c5)C(C)(C)CCC6(C)C)c5cc(C)cc2c54)C(C)(C)CCC7(C)C)C(C)(C)CCC3(C)C)cc1.